The van der Waals surface area contributed by atoms with E-state index in [0.717, 1.165) is 5.56 Å². The van der Waals surface area contributed by atoms with Crippen LogP contribution in [0.2, 0.25) is 0 Å². The van der Waals surface area contributed by atoms with Gasteiger partial charge in [-0.1, -0.05) is 17.7 Å². The lowest BCUT2D eigenvalue weighted by molar-refractivity contribution is 0.00311. The zero-order valence-electron chi connectivity index (χ0n) is 10.5. The molecular formula is C12H17NO5S. The van der Waals surface area contributed by atoms with Gasteiger partial charge in [0.1, 0.15) is 12.2 Å². The van der Waals surface area contributed by atoms with E-state index in [4.69, 9.17) is 9.84 Å². The van der Waals surface area contributed by atoms with Crippen molar-refractivity contribution in [1.82, 2.24) is 4.72 Å². The number of ether oxygens (including phenoxy) is 1. The van der Waals surface area contributed by atoms with Crippen LogP contribution >= 0.6 is 0 Å². The topological polar surface area (TPSA) is 95.9 Å². The largest absolute Gasteiger partial charge is 0.394 e. The van der Waals surface area contributed by atoms with E-state index >= 15 is 0 Å². The summed E-state index contributed by atoms with van der Waals surface area (Å²) in [5.41, 5.74) is 0.962. The summed E-state index contributed by atoms with van der Waals surface area (Å²) in [6.45, 7) is 1.56. The number of aliphatic hydroxyl groups excluding tert-OH is 2. The summed E-state index contributed by atoms with van der Waals surface area (Å²) in [5, 5.41) is 18.7. The molecule has 106 valence electrons. The number of aliphatic hydroxyl groups is 2. The van der Waals surface area contributed by atoms with Gasteiger partial charge in [-0.15, -0.1) is 0 Å². The van der Waals surface area contributed by atoms with E-state index in [2.05, 4.69) is 4.72 Å². The highest BCUT2D eigenvalue weighted by Crippen LogP contribution is 2.17. The number of rotatable bonds is 4. The Kier molecular flexibility index (Phi) is 4.22. The van der Waals surface area contributed by atoms with E-state index in [9.17, 15) is 13.5 Å². The third kappa shape index (κ3) is 3.13. The molecule has 1 fully saturated rings. The van der Waals surface area contributed by atoms with Crippen LogP contribution in [0.15, 0.2) is 29.2 Å². The first-order valence-corrected chi connectivity index (χ1v) is 7.42. The highest BCUT2D eigenvalue weighted by molar-refractivity contribution is 7.89. The van der Waals surface area contributed by atoms with Gasteiger partial charge in [0.05, 0.1) is 24.2 Å². The average molecular weight is 287 g/mol. The molecule has 0 bridgehead atoms. The van der Waals surface area contributed by atoms with E-state index in [0.29, 0.717) is 0 Å². The second-order valence-corrected chi connectivity index (χ2v) is 6.30. The molecule has 0 amide bonds. The van der Waals surface area contributed by atoms with Gasteiger partial charge in [0.25, 0.3) is 0 Å². The Balaban J connectivity index is 2.12. The van der Waals surface area contributed by atoms with Crippen LogP contribution < -0.4 is 4.72 Å². The van der Waals surface area contributed by atoms with Crippen molar-refractivity contribution in [3.8, 4) is 0 Å². The van der Waals surface area contributed by atoms with E-state index in [-0.39, 0.29) is 18.1 Å². The molecule has 0 spiro atoms. The molecule has 7 heteroatoms. The summed E-state index contributed by atoms with van der Waals surface area (Å²) in [6, 6.07) is 5.66. The van der Waals surface area contributed by atoms with Gasteiger partial charge in [-0.25, -0.2) is 13.1 Å². The quantitative estimate of drug-likeness (QED) is 0.687. The number of hydrogen-bond acceptors (Lipinski definition) is 5. The van der Waals surface area contributed by atoms with Gasteiger partial charge in [-0.3, -0.25) is 0 Å². The first kappa shape index (κ1) is 14.4. The van der Waals surface area contributed by atoms with Crippen molar-refractivity contribution in [1.29, 1.82) is 0 Å². The molecule has 1 aliphatic rings. The highest BCUT2D eigenvalue weighted by atomic mass is 32.2. The lowest BCUT2D eigenvalue weighted by Gasteiger charge is -2.17. The Labute approximate surface area is 112 Å². The van der Waals surface area contributed by atoms with E-state index in [1.54, 1.807) is 12.1 Å². The van der Waals surface area contributed by atoms with Gasteiger partial charge >= 0.3 is 0 Å². The normalized spacial score (nSPS) is 27.6. The zero-order valence-corrected chi connectivity index (χ0v) is 11.3. The van der Waals surface area contributed by atoms with Crippen molar-refractivity contribution < 1.29 is 23.4 Å². The number of hydrogen-bond donors (Lipinski definition) is 3. The first-order chi connectivity index (χ1) is 8.94. The van der Waals surface area contributed by atoms with Crippen LogP contribution in [0.5, 0.6) is 0 Å². The Morgan fingerprint density at radius 1 is 1.37 bits per heavy atom. The predicted octanol–water partition coefficient (Wildman–Crippen LogP) is -0.606. The second-order valence-electron chi connectivity index (χ2n) is 4.59. The SMILES string of the molecule is Cc1ccc(S(=O)(=O)N[C@@H]2CO[C@H](CO)[C@H]2O)cc1. The lowest BCUT2D eigenvalue weighted by Crippen LogP contribution is -2.44. The predicted molar refractivity (Wildman–Crippen MR) is 68.1 cm³/mol. The molecule has 6 nitrogen and oxygen atoms in total. The summed E-state index contributed by atoms with van der Waals surface area (Å²) >= 11 is 0. The van der Waals surface area contributed by atoms with Crippen LogP contribution in [0.25, 0.3) is 0 Å². The molecule has 1 heterocycles. The van der Waals surface area contributed by atoms with Crippen LogP contribution in [-0.4, -0.2) is 50.1 Å². The van der Waals surface area contributed by atoms with Crippen molar-refractivity contribution in [2.45, 2.75) is 30.1 Å². The number of aryl methyl sites for hydroxylation is 1. The van der Waals surface area contributed by atoms with Crippen molar-refractivity contribution in [2.24, 2.45) is 0 Å². The maximum absolute atomic E-state index is 12.1. The van der Waals surface area contributed by atoms with Gasteiger partial charge in [0.2, 0.25) is 10.0 Å². The number of benzene rings is 1. The smallest absolute Gasteiger partial charge is 0.240 e. The van der Waals surface area contributed by atoms with E-state index in [1.807, 2.05) is 6.92 Å². The summed E-state index contributed by atoms with van der Waals surface area (Å²) in [4.78, 5) is 0.137. The third-order valence-electron chi connectivity index (χ3n) is 3.10. The minimum absolute atomic E-state index is 0.0392. The molecule has 0 aromatic heterocycles. The average Bonchev–Trinajstić information content (AvgIpc) is 2.70. The van der Waals surface area contributed by atoms with E-state index < -0.39 is 28.3 Å². The van der Waals surface area contributed by atoms with Gasteiger partial charge < -0.3 is 14.9 Å². The van der Waals surface area contributed by atoms with Gasteiger partial charge in [-0.2, -0.15) is 0 Å². The zero-order chi connectivity index (χ0) is 14.0. The van der Waals surface area contributed by atoms with Gasteiger partial charge in [0.15, 0.2) is 0 Å². The second kappa shape index (κ2) is 5.56. The molecule has 19 heavy (non-hydrogen) atoms. The summed E-state index contributed by atoms with van der Waals surface area (Å²) in [6.07, 6.45) is -1.80. The lowest BCUT2D eigenvalue weighted by atomic mass is 10.1. The number of nitrogens with one attached hydrogen (secondary N) is 1. The van der Waals surface area contributed by atoms with Crippen molar-refractivity contribution in [3.05, 3.63) is 29.8 Å². The van der Waals surface area contributed by atoms with E-state index in [1.165, 1.54) is 12.1 Å². The van der Waals surface area contributed by atoms with Crippen molar-refractivity contribution in [2.75, 3.05) is 13.2 Å². The molecule has 0 radical (unpaired) electrons. The molecule has 0 unspecified atom stereocenters. The Morgan fingerprint density at radius 2 is 2.00 bits per heavy atom. The highest BCUT2D eigenvalue weighted by Gasteiger charge is 2.37. The minimum Gasteiger partial charge on any atom is -0.394 e. The molecule has 0 saturated carbocycles. The Morgan fingerprint density at radius 3 is 2.53 bits per heavy atom. The van der Waals surface area contributed by atoms with Crippen LogP contribution in [-0.2, 0) is 14.8 Å². The molecule has 3 N–H and O–H groups in total. The van der Waals surface area contributed by atoms with Crippen LogP contribution in [0.3, 0.4) is 0 Å². The molecule has 0 aliphatic carbocycles. The fourth-order valence-electron chi connectivity index (χ4n) is 1.93. The van der Waals surface area contributed by atoms with Crippen LogP contribution in [0.1, 0.15) is 5.56 Å². The van der Waals surface area contributed by atoms with Gasteiger partial charge in [0, 0.05) is 0 Å². The fraction of sp³-hybridized carbons (Fsp3) is 0.500. The fourth-order valence-corrected chi connectivity index (χ4v) is 3.17. The first-order valence-electron chi connectivity index (χ1n) is 5.93. The van der Waals surface area contributed by atoms with Crippen molar-refractivity contribution >= 4 is 10.0 Å². The van der Waals surface area contributed by atoms with Crippen LogP contribution in [0, 0.1) is 6.92 Å². The monoisotopic (exact) mass is 287 g/mol. The maximum atomic E-state index is 12.1. The van der Waals surface area contributed by atoms with Gasteiger partial charge in [-0.05, 0) is 19.1 Å². The molecule has 3 atom stereocenters. The van der Waals surface area contributed by atoms with Crippen molar-refractivity contribution in [3.63, 3.8) is 0 Å². The Hall–Kier alpha value is -0.990. The third-order valence-corrected chi connectivity index (χ3v) is 4.61. The number of sulfonamides is 1. The summed E-state index contributed by atoms with van der Waals surface area (Å²) in [5.74, 6) is 0. The maximum Gasteiger partial charge on any atom is 0.240 e. The minimum atomic E-state index is -3.70. The molecule has 2 rings (SSSR count). The molecule has 1 saturated heterocycles. The molecule has 1 aromatic carbocycles. The summed E-state index contributed by atoms with van der Waals surface area (Å²) < 4.78 is 31.7. The Bertz CT molecular complexity index is 528. The summed E-state index contributed by atoms with van der Waals surface area (Å²) in [7, 11) is -3.70. The molecule has 1 aliphatic heterocycles. The van der Waals surface area contributed by atoms with Crippen LogP contribution in [0.4, 0.5) is 0 Å². The molecule has 1 aromatic rings. The molecular weight excluding hydrogens is 270 g/mol. The standard InChI is InChI=1S/C12H17NO5S/c1-8-2-4-9(5-3-8)19(16,17)13-10-7-18-11(6-14)12(10)15/h2-5,10-15H,6-7H2,1H3/t10-,11-,12+/m1/s1.